The van der Waals surface area contributed by atoms with Crippen LogP contribution in [0, 0.1) is 0 Å². The highest BCUT2D eigenvalue weighted by Crippen LogP contribution is 2.08. The number of hydrogen-bond acceptors (Lipinski definition) is 6. The van der Waals surface area contributed by atoms with Crippen molar-refractivity contribution in [3.63, 3.8) is 0 Å². The molecular formula is C17H13N3O5. The van der Waals surface area contributed by atoms with Crippen molar-refractivity contribution in [2.75, 3.05) is 11.9 Å². The third-order valence-electron chi connectivity index (χ3n) is 3.21. The summed E-state index contributed by atoms with van der Waals surface area (Å²) in [6, 6.07) is 15.0. The number of aromatic nitrogens is 2. The number of nitrogens with one attached hydrogen (secondary N) is 1. The molecule has 0 aliphatic carbocycles. The van der Waals surface area contributed by atoms with Crippen LogP contribution in [-0.4, -0.2) is 23.8 Å². The van der Waals surface area contributed by atoms with Crippen LogP contribution in [0.3, 0.4) is 0 Å². The number of anilines is 1. The molecule has 0 saturated carbocycles. The molecule has 0 radical (unpaired) electrons. The molecule has 8 heteroatoms. The SMILES string of the molecule is O=C(COC(=O)c1ccc(-[n+]2cc([O-])on2)cc1)Nc1ccccc1. The van der Waals surface area contributed by atoms with Gasteiger partial charge in [0.05, 0.1) is 10.8 Å². The number of para-hydroxylation sites is 1. The number of amides is 1. The van der Waals surface area contributed by atoms with E-state index in [0.717, 1.165) is 0 Å². The summed E-state index contributed by atoms with van der Waals surface area (Å²) in [5.74, 6) is -1.64. The lowest BCUT2D eigenvalue weighted by Crippen LogP contribution is -2.31. The van der Waals surface area contributed by atoms with Crippen molar-refractivity contribution in [1.29, 1.82) is 0 Å². The summed E-state index contributed by atoms with van der Waals surface area (Å²) in [7, 11) is 0. The van der Waals surface area contributed by atoms with E-state index in [2.05, 4.69) is 15.1 Å². The van der Waals surface area contributed by atoms with Gasteiger partial charge in [0.1, 0.15) is 5.95 Å². The summed E-state index contributed by atoms with van der Waals surface area (Å²) in [6.07, 6.45) is 1.17. The van der Waals surface area contributed by atoms with Crippen molar-refractivity contribution < 1.29 is 28.6 Å². The summed E-state index contributed by atoms with van der Waals surface area (Å²) >= 11 is 0. The quantitative estimate of drug-likeness (QED) is 0.544. The average Bonchev–Trinajstić information content (AvgIpc) is 3.07. The minimum absolute atomic E-state index is 0.266. The lowest BCUT2D eigenvalue weighted by atomic mass is 10.2. The van der Waals surface area contributed by atoms with Gasteiger partial charge in [0, 0.05) is 17.8 Å². The van der Waals surface area contributed by atoms with Crippen molar-refractivity contribution in [2.45, 2.75) is 0 Å². The number of hydrogen-bond donors (Lipinski definition) is 1. The molecule has 126 valence electrons. The number of ether oxygens (including phenoxy) is 1. The topological polar surface area (TPSA) is 108 Å². The second kappa shape index (κ2) is 7.26. The van der Waals surface area contributed by atoms with Crippen molar-refractivity contribution in [3.8, 4) is 11.6 Å². The highest BCUT2D eigenvalue weighted by atomic mass is 16.6. The van der Waals surface area contributed by atoms with Gasteiger partial charge in [-0.15, -0.1) is 0 Å². The summed E-state index contributed by atoms with van der Waals surface area (Å²) in [4.78, 5) is 23.7. The first-order chi connectivity index (χ1) is 12.1. The molecule has 1 heterocycles. The molecule has 0 atom stereocenters. The summed E-state index contributed by atoms with van der Waals surface area (Å²) in [6.45, 7) is -0.396. The first-order valence-corrected chi connectivity index (χ1v) is 7.30. The Kier molecular flexibility index (Phi) is 4.70. The molecule has 0 unspecified atom stereocenters. The van der Waals surface area contributed by atoms with Gasteiger partial charge in [-0.1, -0.05) is 18.2 Å². The van der Waals surface area contributed by atoms with E-state index in [1.54, 1.807) is 36.4 Å². The molecule has 0 fully saturated rings. The molecule has 0 bridgehead atoms. The van der Waals surface area contributed by atoms with E-state index in [4.69, 9.17) is 4.74 Å². The normalized spacial score (nSPS) is 10.2. The van der Waals surface area contributed by atoms with Gasteiger partial charge in [-0.05, 0) is 28.9 Å². The minimum atomic E-state index is -0.635. The average molecular weight is 339 g/mol. The van der Waals surface area contributed by atoms with Crippen LogP contribution in [0.5, 0.6) is 5.95 Å². The summed E-state index contributed by atoms with van der Waals surface area (Å²) in [5.41, 5.74) is 1.43. The number of rotatable bonds is 5. The van der Waals surface area contributed by atoms with Crippen molar-refractivity contribution in [1.82, 2.24) is 5.27 Å². The van der Waals surface area contributed by atoms with E-state index in [0.29, 0.717) is 11.4 Å². The Hall–Kier alpha value is -3.68. The molecule has 3 aromatic rings. The predicted molar refractivity (Wildman–Crippen MR) is 82.8 cm³/mol. The highest BCUT2D eigenvalue weighted by molar-refractivity contribution is 5.95. The summed E-state index contributed by atoms with van der Waals surface area (Å²) in [5, 5.41) is 17.1. The van der Waals surface area contributed by atoms with Crippen LogP contribution in [0.25, 0.3) is 5.69 Å². The lowest BCUT2D eigenvalue weighted by molar-refractivity contribution is -0.670. The zero-order valence-corrected chi connectivity index (χ0v) is 12.9. The second-order valence-corrected chi connectivity index (χ2v) is 5.00. The van der Waals surface area contributed by atoms with Gasteiger partial charge in [0.2, 0.25) is 11.9 Å². The van der Waals surface area contributed by atoms with Crippen molar-refractivity contribution in [3.05, 3.63) is 66.4 Å². The van der Waals surface area contributed by atoms with E-state index in [9.17, 15) is 14.7 Å². The van der Waals surface area contributed by atoms with Crippen LogP contribution in [0.1, 0.15) is 10.4 Å². The van der Waals surface area contributed by atoms with Gasteiger partial charge in [0.25, 0.3) is 5.91 Å². The number of nitrogens with zero attached hydrogens (tertiary/aromatic N) is 2. The molecule has 2 aromatic carbocycles. The van der Waals surface area contributed by atoms with E-state index in [-0.39, 0.29) is 5.56 Å². The van der Waals surface area contributed by atoms with E-state index >= 15 is 0 Å². The Morgan fingerprint density at radius 1 is 1.12 bits per heavy atom. The maximum Gasteiger partial charge on any atom is 0.338 e. The fourth-order valence-corrected chi connectivity index (χ4v) is 2.04. The lowest BCUT2D eigenvalue weighted by Gasteiger charge is -2.06. The van der Waals surface area contributed by atoms with Crippen molar-refractivity contribution in [2.24, 2.45) is 0 Å². The van der Waals surface area contributed by atoms with Gasteiger partial charge in [-0.3, -0.25) is 4.79 Å². The Bertz CT molecular complexity index is 875. The fraction of sp³-hybridized carbons (Fsp3) is 0.0588. The Labute approximate surface area is 142 Å². The molecule has 0 aliphatic heterocycles. The molecule has 1 amide bonds. The standard InChI is InChI=1S/C17H13N3O5/c21-15(18-13-4-2-1-3-5-13)11-24-17(23)12-6-8-14(9-7-12)20-10-16(22)25-19-20/h1-10H,11H2,(H-,18,19,21,22). The van der Waals surface area contributed by atoms with Gasteiger partial charge < -0.3 is 19.7 Å². The molecule has 0 saturated heterocycles. The predicted octanol–water partition coefficient (Wildman–Crippen LogP) is 0.820. The smallest absolute Gasteiger partial charge is 0.338 e. The largest absolute Gasteiger partial charge is 0.539 e. The second-order valence-electron chi connectivity index (χ2n) is 5.00. The third kappa shape index (κ3) is 4.20. The van der Waals surface area contributed by atoms with Gasteiger partial charge in [0.15, 0.2) is 6.61 Å². The van der Waals surface area contributed by atoms with Crippen LogP contribution in [0.15, 0.2) is 65.3 Å². The molecule has 0 spiro atoms. The zero-order chi connectivity index (χ0) is 17.6. The Morgan fingerprint density at radius 3 is 2.48 bits per heavy atom. The van der Waals surface area contributed by atoms with Crippen LogP contribution in [0.4, 0.5) is 5.69 Å². The maximum absolute atomic E-state index is 12.0. The van der Waals surface area contributed by atoms with Crippen molar-refractivity contribution >= 4 is 17.6 Å². The number of esters is 1. The highest BCUT2D eigenvalue weighted by Gasteiger charge is 2.13. The van der Waals surface area contributed by atoms with Gasteiger partial charge in [-0.25, -0.2) is 4.79 Å². The van der Waals surface area contributed by atoms with E-state index < -0.39 is 24.4 Å². The van der Waals surface area contributed by atoms with E-state index in [1.807, 2.05) is 6.07 Å². The number of carbonyl (C=O) groups is 2. The Morgan fingerprint density at radius 2 is 1.84 bits per heavy atom. The fourth-order valence-electron chi connectivity index (χ4n) is 2.04. The summed E-state index contributed by atoms with van der Waals surface area (Å²) < 4.78 is 10.6. The molecule has 1 aromatic heterocycles. The van der Waals surface area contributed by atoms with Gasteiger partial charge in [-0.2, -0.15) is 0 Å². The molecule has 8 nitrogen and oxygen atoms in total. The monoisotopic (exact) mass is 339 g/mol. The first kappa shape index (κ1) is 16.2. The molecular weight excluding hydrogens is 326 g/mol. The third-order valence-corrected chi connectivity index (χ3v) is 3.21. The zero-order valence-electron chi connectivity index (χ0n) is 12.9. The van der Waals surface area contributed by atoms with Crippen LogP contribution in [-0.2, 0) is 9.53 Å². The number of benzene rings is 2. The molecule has 0 aliphatic rings. The number of carbonyl (C=O) groups excluding carboxylic acids is 2. The Balaban J connectivity index is 1.55. The van der Waals surface area contributed by atoms with Crippen LogP contribution in [0.2, 0.25) is 0 Å². The first-order valence-electron chi connectivity index (χ1n) is 7.30. The maximum atomic E-state index is 12.0. The van der Waals surface area contributed by atoms with Gasteiger partial charge >= 0.3 is 5.97 Å². The van der Waals surface area contributed by atoms with E-state index in [1.165, 1.54) is 23.0 Å². The molecule has 3 rings (SSSR count). The molecule has 1 N–H and O–H groups in total. The molecule has 25 heavy (non-hydrogen) atoms. The van der Waals surface area contributed by atoms with Crippen LogP contribution >= 0.6 is 0 Å². The van der Waals surface area contributed by atoms with Crippen LogP contribution < -0.4 is 15.1 Å². The minimum Gasteiger partial charge on any atom is -0.539 e.